The van der Waals surface area contributed by atoms with Crippen molar-refractivity contribution >= 4 is 16.0 Å². The summed E-state index contributed by atoms with van der Waals surface area (Å²) in [5, 5.41) is 0. The van der Waals surface area contributed by atoms with Gasteiger partial charge >= 0.3 is 5.97 Å². The lowest BCUT2D eigenvalue weighted by Crippen LogP contribution is -2.41. The molecule has 1 aliphatic rings. The molecule has 0 aliphatic carbocycles. The van der Waals surface area contributed by atoms with Crippen LogP contribution < -0.4 is 4.74 Å². The number of hydrogen-bond donors (Lipinski definition) is 0. The SMILES string of the molecule is Cc1ccc(OC(=O)C2CCN(S(=O)(=O)c3ccc(F)cc3F)CC2)cc1C. The summed E-state index contributed by atoms with van der Waals surface area (Å²) in [5.41, 5.74) is 2.10. The van der Waals surface area contributed by atoms with Crippen molar-refractivity contribution in [3.8, 4) is 5.75 Å². The Balaban J connectivity index is 1.64. The maximum atomic E-state index is 13.9. The number of aryl methyl sites for hydroxylation is 2. The van der Waals surface area contributed by atoms with Gasteiger partial charge in [-0.25, -0.2) is 17.2 Å². The molecule has 0 atom stereocenters. The Morgan fingerprint density at radius 2 is 1.71 bits per heavy atom. The van der Waals surface area contributed by atoms with Gasteiger partial charge in [-0.05, 0) is 62.1 Å². The summed E-state index contributed by atoms with van der Waals surface area (Å²) in [7, 11) is -4.09. The molecule has 2 aromatic carbocycles. The summed E-state index contributed by atoms with van der Waals surface area (Å²) in [6.07, 6.45) is 0.539. The fourth-order valence-corrected chi connectivity index (χ4v) is 4.65. The van der Waals surface area contributed by atoms with Gasteiger partial charge in [0, 0.05) is 19.2 Å². The van der Waals surface area contributed by atoms with E-state index in [0.29, 0.717) is 11.8 Å². The molecule has 0 saturated carbocycles. The van der Waals surface area contributed by atoms with Crippen molar-refractivity contribution in [2.75, 3.05) is 13.1 Å². The highest BCUT2D eigenvalue weighted by molar-refractivity contribution is 7.89. The van der Waals surface area contributed by atoms with Crippen LogP contribution in [0, 0.1) is 31.4 Å². The number of benzene rings is 2. The predicted octanol–water partition coefficient (Wildman–Crippen LogP) is 3.59. The van der Waals surface area contributed by atoms with E-state index in [0.717, 1.165) is 27.6 Å². The Kier molecular flexibility index (Phi) is 5.81. The number of carbonyl (C=O) groups excluding carboxylic acids is 1. The molecule has 150 valence electrons. The number of rotatable bonds is 4. The Morgan fingerprint density at radius 3 is 2.32 bits per heavy atom. The molecular weight excluding hydrogens is 388 g/mol. The molecule has 1 heterocycles. The number of hydrogen-bond acceptors (Lipinski definition) is 4. The Hall–Kier alpha value is -2.32. The summed E-state index contributed by atoms with van der Waals surface area (Å²) in [4.78, 5) is 11.8. The second-order valence-electron chi connectivity index (χ2n) is 6.92. The summed E-state index contributed by atoms with van der Waals surface area (Å²) < 4.78 is 58.7. The van der Waals surface area contributed by atoms with E-state index in [9.17, 15) is 22.0 Å². The summed E-state index contributed by atoms with van der Waals surface area (Å²) >= 11 is 0. The number of halogens is 2. The summed E-state index contributed by atoms with van der Waals surface area (Å²) in [6.45, 7) is 4.00. The third-order valence-electron chi connectivity index (χ3n) is 5.00. The fourth-order valence-electron chi connectivity index (χ4n) is 3.13. The monoisotopic (exact) mass is 409 g/mol. The topological polar surface area (TPSA) is 63.7 Å². The third kappa shape index (κ3) is 4.23. The lowest BCUT2D eigenvalue weighted by molar-refractivity contribution is -0.140. The molecule has 2 aromatic rings. The van der Waals surface area contributed by atoms with Crippen LogP contribution >= 0.6 is 0 Å². The van der Waals surface area contributed by atoms with E-state index < -0.39 is 38.4 Å². The molecule has 1 aliphatic heterocycles. The van der Waals surface area contributed by atoms with Gasteiger partial charge < -0.3 is 4.74 Å². The molecule has 0 spiro atoms. The van der Waals surface area contributed by atoms with E-state index in [-0.39, 0.29) is 25.9 Å². The molecule has 0 N–H and O–H groups in total. The van der Waals surface area contributed by atoms with Gasteiger partial charge in [0.05, 0.1) is 5.92 Å². The van der Waals surface area contributed by atoms with Gasteiger partial charge in [0.25, 0.3) is 0 Å². The predicted molar refractivity (Wildman–Crippen MR) is 99.4 cm³/mol. The van der Waals surface area contributed by atoms with Gasteiger partial charge in [0.15, 0.2) is 0 Å². The minimum Gasteiger partial charge on any atom is -0.426 e. The molecule has 28 heavy (non-hydrogen) atoms. The highest BCUT2D eigenvalue weighted by atomic mass is 32.2. The van der Waals surface area contributed by atoms with Crippen LogP contribution in [0.25, 0.3) is 0 Å². The summed E-state index contributed by atoms with van der Waals surface area (Å²) in [5.74, 6) is -2.36. The van der Waals surface area contributed by atoms with Crippen LogP contribution in [-0.4, -0.2) is 31.8 Å². The van der Waals surface area contributed by atoms with Crippen molar-refractivity contribution in [1.82, 2.24) is 4.31 Å². The lowest BCUT2D eigenvalue weighted by Gasteiger charge is -2.30. The van der Waals surface area contributed by atoms with E-state index in [1.807, 2.05) is 19.9 Å². The van der Waals surface area contributed by atoms with Crippen molar-refractivity contribution in [2.45, 2.75) is 31.6 Å². The molecule has 0 amide bonds. The van der Waals surface area contributed by atoms with Crippen molar-refractivity contribution in [1.29, 1.82) is 0 Å². The molecule has 0 radical (unpaired) electrons. The number of piperidine rings is 1. The number of sulfonamides is 1. The van der Waals surface area contributed by atoms with E-state index in [1.165, 1.54) is 0 Å². The van der Waals surface area contributed by atoms with E-state index in [2.05, 4.69) is 0 Å². The van der Waals surface area contributed by atoms with Crippen molar-refractivity contribution in [2.24, 2.45) is 5.92 Å². The zero-order chi connectivity index (χ0) is 20.5. The van der Waals surface area contributed by atoms with Crippen molar-refractivity contribution < 1.29 is 26.7 Å². The minimum absolute atomic E-state index is 0.0614. The first kappa shape index (κ1) is 20.4. The molecule has 5 nitrogen and oxygen atoms in total. The number of ether oxygens (including phenoxy) is 1. The minimum atomic E-state index is -4.09. The Labute approximate surface area is 163 Å². The highest BCUT2D eigenvalue weighted by Gasteiger charge is 2.34. The second-order valence-corrected chi connectivity index (χ2v) is 8.83. The fraction of sp³-hybridized carbons (Fsp3) is 0.350. The maximum absolute atomic E-state index is 13.9. The third-order valence-corrected chi connectivity index (χ3v) is 6.93. The second kappa shape index (κ2) is 7.97. The zero-order valence-electron chi connectivity index (χ0n) is 15.6. The molecule has 1 saturated heterocycles. The van der Waals surface area contributed by atoms with Gasteiger partial charge in [0.2, 0.25) is 10.0 Å². The molecule has 8 heteroatoms. The van der Waals surface area contributed by atoms with Crippen LogP contribution in [0.5, 0.6) is 5.75 Å². The molecule has 3 rings (SSSR count). The summed E-state index contributed by atoms with van der Waals surface area (Å²) in [6, 6.07) is 7.73. The van der Waals surface area contributed by atoms with Crippen LogP contribution in [0.1, 0.15) is 24.0 Å². The number of nitrogens with zero attached hydrogens (tertiary/aromatic N) is 1. The molecule has 0 aromatic heterocycles. The quantitative estimate of drug-likeness (QED) is 0.572. The van der Waals surface area contributed by atoms with Crippen LogP contribution in [0.2, 0.25) is 0 Å². The lowest BCUT2D eigenvalue weighted by atomic mass is 9.98. The van der Waals surface area contributed by atoms with E-state index in [4.69, 9.17) is 4.74 Å². The average molecular weight is 409 g/mol. The van der Waals surface area contributed by atoms with Crippen LogP contribution in [-0.2, 0) is 14.8 Å². The largest absolute Gasteiger partial charge is 0.426 e. The maximum Gasteiger partial charge on any atom is 0.314 e. The number of carbonyl (C=O) groups is 1. The van der Waals surface area contributed by atoms with Crippen LogP contribution in [0.15, 0.2) is 41.3 Å². The average Bonchev–Trinajstić information content (AvgIpc) is 2.64. The standard InChI is InChI=1S/C20H21F2NO4S/c1-13-3-5-17(11-14(13)2)27-20(24)15-7-9-23(10-8-15)28(25,26)19-6-4-16(21)12-18(19)22/h3-6,11-12,15H,7-10H2,1-2H3. The molecule has 0 unspecified atom stereocenters. The van der Waals surface area contributed by atoms with Gasteiger partial charge in [-0.1, -0.05) is 6.07 Å². The van der Waals surface area contributed by atoms with Crippen molar-refractivity contribution in [3.63, 3.8) is 0 Å². The van der Waals surface area contributed by atoms with Gasteiger partial charge in [-0.2, -0.15) is 4.31 Å². The number of esters is 1. The van der Waals surface area contributed by atoms with Gasteiger partial charge in [0.1, 0.15) is 22.3 Å². The normalized spacial score (nSPS) is 16.1. The van der Waals surface area contributed by atoms with E-state index >= 15 is 0 Å². The van der Waals surface area contributed by atoms with Gasteiger partial charge in [-0.15, -0.1) is 0 Å². The van der Waals surface area contributed by atoms with Gasteiger partial charge in [-0.3, -0.25) is 4.79 Å². The Morgan fingerprint density at radius 1 is 1.04 bits per heavy atom. The molecule has 0 bridgehead atoms. The molecular formula is C20H21F2NO4S. The van der Waals surface area contributed by atoms with Crippen LogP contribution in [0.4, 0.5) is 8.78 Å². The first-order chi connectivity index (χ1) is 13.2. The van der Waals surface area contributed by atoms with E-state index in [1.54, 1.807) is 12.1 Å². The smallest absolute Gasteiger partial charge is 0.314 e. The molecule has 1 fully saturated rings. The Bertz CT molecular complexity index is 999. The van der Waals surface area contributed by atoms with Crippen molar-refractivity contribution in [3.05, 3.63) is 59.2 Å². The van der Waals surface area contributed by atoms with Crippen LogP contribution in [0.3, 0.4) is 0 Å². The highest BCUT2D eigenvalue weighted by Crippen LogP contribution is 2.27. The zero-order valence-corrected chi connectivity index (χ0v) is 16.4. The first-order valence-corrected chi connectivity index (χ1v) is 10.4. The first-order valence-electron chi connectivity index (χ1n) is 8.92.